The Labute approximate surface area is 97.4 Å². The minimum atomic E-state index is 0.702. The molecule has 1 fully saturated rings. The molecule has 0 aromatic carbocycles. The van der Waals surface area contributed by atoms with Crippen molar-refractivity contribution in [2.75, 3.05) is 20.1 Å². The van der Waals surface area contributed by atoms with Gasteiger partial charge in [0.1, 0.15) is 0 Å². The number of hydrogen-bond acceptors (Lipinski definition) is 3. The predicted molar refractivity (Wildman–Crippen MR) is 65.3 cm³/mol. The number of likely N-dealkylation sites (N-methyl/N-ethyl adjacent to an activating group) is 1. The Bertz CT molecular complexity index is 321. The van der Waals surface area contributed by atoms with E-state index in [2.05, 4.69) is 34.2 Å². The van der Waals surface area contributed by atoms with E-state index in [-0.39, 0.29) is 0 Å². The largest absolute Gasteiger partial charge is 0.348 e. The number of aromatic nitrogens is 2. The highest BCUT2D eigenvalue weighted by atomic mass is 15.2. The van der Waals surface area contributed by atoms with Gasteiger partial charge >= 0.3 is 0 Å². The lowest BCUT2D eigenvalue weighted by atomic mass is 10.0. The van der Waals surface area contributed by atoms with Crippen LogP contribution in [0.4, 0.5) is 0 Å². The highest BCUT2D eigenvalue weighted by Gasteiger charge is 2.18. The van der Waals surface area contributed by atoms with Gasteiger partial charge in [-0.2, -0.15) is 0 Å². The van der Waals surface area contributed by atoms with E-state index < -0.39 is 0 Å². The van der Waals surface area contributed by atoms with E-state index in [9.17, 15) is 0 Å². The molecule has 16 heavy (non-hydrogen) atoms. The molecule has 1 aliphatic rings. The molecule has 1 aromatic rings. The van der Waals surface area contributed by atoms with Crippen LogP contribution >= 0.6 is 0 Å². The second-order valence-electron chi connectivity index (χ2n) is 4.74. The molecule has 0 bridgehead atoms. The Morgan fingerprint density at radius 3 is 3.12 bits per heavy atom. The Hall–Kier alpha value is -0.870. The summed E-state index contributed by atoms with van der Waals surface area (Å²) >= 11 is 0. The lowest BCUT2D eigenvalue weighted by Gasteiger charge is -2.32. The first-order valence-corrected chi connectivity index (χ1v) is 6.17. The molecule has 4 nitrogen and oxygen atoms in total. The molecular weight excluding hydrogens is 200 g/mol. The standard InChI is InChI=1S/C12H22N4/c1-10-12(15-9-14-10)8-13-7-11-5-3-4-6-16(11)2/h9,11,13H,3-8H2,1-2H3,(H,14,15). The fourth-order valence-electron chi connectivity index (χ4n) is 2.32. The summed E-state index contributed by atoms with van der Waals surface area (Å²) in [5.41, 5.74) is 2.31. The second kappa shape index (κ2) is 5.46. The van der Waals surface area contributed by atoms with Crippen LogP contribution in [0.3, 0.4) is 0 Å². The number of H-pyrrole nitrogens is 1. The first kappa shape index (κ1) is 11.6. The van der Waals surface area contributed by atoms with Crippen LogP contribution in [-0.2, 0) is 6.54 Å². The summed E-state index contributed by atoms with van der Waals surface area (Å²) in [4.78, 5) is 9.86. The molecule has 2 heterocycles. The van der Waals surface area contributed by atoms with E-state index in [0.29, 0.717) is 6.04 Å². The van der Waals surface area contributed by atoms with Crippen LogP contribution in [0.15, 0.2) is 6.33 Å². The number of imidazole rings is 1. The zero-order chi connectivity index (χ0) is 11.4. The van der Waals surface area contributed by atoms with Crippen LogP contribution in [0.25, 0.3) is 0 Å². The van der Waals surface area contributed by atoms with Crippen molar-refractivity contribution in [1.82, 2.24) is 20.2 Å². The van der Waals surface area contributed by atoms with Gasteiger partial charge in [0.25, 0.3) is 0 Å². The summed E-state index contributed by atoms with van der Waals surface area (Å²) in [5, 5.41) is 3.50. The van der Waals surface area contributed by atoms with Crippen molar-refractivity contribution in [3.8, 4) is 0 Å². The summed E-state index contributed by atoms with van der Waals surface area (Å²) in [7, 11) is 2.23. The Morgan fingerprint density at radius 2 is 2.44 bits per heavy atom. The lowest BCUT2D eigenvalue weighted by molar-refractivity contribution is 0.181. The van der Waals surface area contributed by atoms with Gasteiger partial charge in [-0.1, -0.05) is 6.42 Å². The third kappa shape index (κ3) is 2.83. The van der Waals surface area contributed by atoms with Gasteiger partial charge in [0.15, 0.2) is 0 Å². The maximum atomic E-state index is 4.29. The Balaban J connectivity index is 1.73. The molecule has 1 unspecified atom stereocenters. The molecule has 1 saturated heterocycles. The van der Waals surface area contributed by atoms with Crippen molar-refractivity contribution in [2.24, 2.45) is 0 Å². The highest BCUT2D eigenvalue weighted by molar-refractivity contribution is 5.07. The van der Waals surface area contributed by atoms with Crippen LogP contribution in [0.5, 0.6) is 0 Å². The number of hydrogen-bond donors (Lipinski definition) is 2. The zero-order valence-corrected chi connectivity index (χ0v) is 10.3. The summed E-state index contributed by atoms with van der Waals surface area (Å²) in [6, 6.07) is 0.702. The predicted octanol–water partition coefficient (Wildman–Crippen LogP) is 1.29. The van der Waals surface area contributed by atoms with E-state index >= 15 is 0 Å². The molecule has 0 aliphatic carbocycles. The van der Waals surface area contributed by atoms with Gasteiger partial charge < -0.3 is 15.2 Å². The fraction of sp³-hybridized carbons (Fsp3) is 0.750. The summed E-state index contributed by atoms with van der Waals surface area (Å²) in [6.07, 6.45) is 5.81. The summed E-state index contributed by atoms with van der Waals surface area (Å²) in [6.45, 7) is 5.26. The van der Waals surface area contributed by atoms with Gasteiger partial charge in [-0.3, -0.25) is 0 Å². The quantitative estimate of drug-likeness (QED) is 0.807. The van der Waals surface area contributed by atoms with Gasteiger partial charge in [0.2, 0.25) is 0 Å². The molecule has 0 saturated carbocycles. The molecule has 0 amide bonds. The molecule has 0 radical (unpaired) electrons. The van der Waals surface area contributed by atoms with E-state index in [1.165, 1.54) is 31.5 Å². The molecule has 1 aliphatic heterocycles. The molecule has 0 spiro atoms. The number of likely N-dealkylation sites (tertiary alicyclic amines) is 1. The van der Waals surface area contributed by atoms with Crippen molar-refractivity contribution in [1.29, 1.82) is 0 Å². The second-order valence-corrected chi connectivity index (χ2v) is 4.74. The number of aryl methyl sites for hydroxylation is 1. The Morgan fingerprint density at radius 1 is 1.56 bits per heavy atom. The van der Waals surface area contributed by atoms with Crippen molar-refractivity contribution in [3.63, 3.8) is 0 Å². The van der Waals surface area contributed by atoms with Crippen LogP contribution in [0.1, 0.15) is 30.7 Å². The smallest absolute Gasteiger partial charge is 0.0925 e. The van der Waals surface area contributed by atoms with Crippen molar-refractivity contribution in [2.45, 2.75) is 38.8 Å². The lowest BCUT2D eigenvalue weighted by Crippen LogP contribution is -2.42. The first-order chi connectivity index (χ1) is 7.77. The van der Waals surface area contributed by atoms with E-state index in [0.717, 1.165) is 18.8 Å². The molecule has 2 rings (SSSR count). The molecule has 1 atom stereocenters. The van der Waals surface area contributed by atoms with Crippen molar-refractivity contribution in [3.05, 3.63) is 17.7 Å². The maximum Gasteiger partial charge on any atom is 0.0925 e. The van der Waals surface area contributed by atoms with Crippen LogP contribution < -0.4 is 5.32 Å². The molecule has 90 valence electrons. The van der Waals surface area contributed by atoms with Crippen molar-refractivity contribution >= 4 is 0 Å². The average molecular weight is 222 g/mol. The molecule has 4 heteroatoms. The third-order valence-corrected chi connectivity index (χ3v) is 3.53. The number of nitrogens with one attached hydrogen (secondary N) is 2. The number of aromatic amines is 1. The highest BCUT2D eigenvalue weighted by Crippen LogP contribution is 2.14. The minimum Gasteiger partial charge on any atom is -0.348 e. The minimum absolute atomic E-state index is 0.702. The average Bonchev–Trinajstić information content (AvgIpc) is 2.67. The van der Waals surface area contributed by atoms with E-state index in [1.54, 1.807) is 6.33 Å². The number of piperidine rings is 1. The molecular formula is C12H22N4. The van der Waals surface area contributed by atoms with Gasteiger partial charge in [0.05, 0.1) is 12.0 Å². The zero-order valence-electron chi connectivity index (χ0n) is 10.3. The van der Waals surface area contributed by atoms with Crippen LogP contribution in [-0.4, -0.2) is 41.0 Å². The number of nitrogens with zero attached hydrogens (tertiary/aromatic N) is 2. The maximum absolute atomic E-state index is 4.29. The summed E-state index contributed by atoms with van der Waals surface area (Å²) in [5.74, 6) is 0. The van der Waals surface area contributed by atoms with Crippen molar-refractivity contribution < 1.29 is 0 Å². The Kier molecular flexibility index (Phi) is 3.96. The third-order valence-electron chi connectivity index (χ3n) is 3.53. The number of rotatable bonds is 4. The molecule has 2 N–H and O–H groups in total. The summed E-state index contributed by atoms with van der Waals surface area (Å²) < 4.78 is 0. The normalized spacial score (nSPS) is 22.5. The fourth-order valence-corrected chi connectivity index (χ4v) is 2.32. The monoisotopic (exact) mass is 222 g/mol. The van der Waals surface area contributed by atoms with E-state index in [1.807, 2.05) is 0 Å². The van der Waals surface area contributed by atoms with Crippen LogP contribution in [0.2, 0.25) is 0 Å². The molecule has 1 aromatic heterocycles. The van der Waals surface area contributed by atoms with Gasteiger partial charge in [0, 0.05) is 24.8 Å². The van der Waals surface area contributed by atoms with Gasteiger partial charge in [-0.15, -0.1) is 0 Å². The first-order valence-electron chi connectivity index (χ1n) is 6.17. The van der Waals surface area contributed by atoms with Gasteiger partial charge in [-0.05, 0) is 33.4 Å². The van der Waals surface area contributed by atoms with Crippen LogP contribution in [0, 0.1) is 6.92 Å². The SMILES string of the molecule is Cc1[nH]cnc1CNCC1CCCCN1C. The van der Waals surface area contributed by atoms with E-state index in [4.69, 9.17) is 0 Å². The van der Waals surface area contributed by atoms with Gasteiger partial charge in [-0.25, -0.2) is 4.98 Å². The topological polar surface area (TPSA) is 44.0 Å².